The van der Waals surface area contributed by atoms with Gasteiger partial charge in [0.15, 0.2) is 0 Å². The molecular weight excluding hydrogens is 236 g/mol. The van der Waals surface area contributed by atoms with Crippen LogP contribution >= 0.6 is 0 Å². The second-order valence-electron chi connectivity index (χ2n) is 5.34. The van der Waals surface area contributed by atoms with Gasteiger partial charge in [0.05, 0.1) is 12.8 Å². The standard InChI is InChI=1S/C16H20N2O/c1-11(17)10-18-8-7-13-4-3-12-5-6-14(19-2)9-15(12)16(13)18/h5-9,11H,3-4,10,17H2,1-2H3/t11-/m1/s1. The van der Waals surface area contributed by atoms with Gasteiger partial charge in [0, 0.05) is 24.3 Å². The van der Waals surface area contributed by atoms with Crippen molar-refractivity contribution in [3.05, 3.63) is 41.6 Å². The van der Waals surface area contributed by atoms with Crippen molar-refractivity contribution in [1.29, 1.82) is 0 Å². The summed E-state index contributed by atoms with van der Waals surface area (Å²) in [5.74, 6) is 0.917. The number of benzene rings is 1. The monoisotopic (exact) mass is 256 g/mol. The number of methoxy groups -OCH3 is 1. The van der Waals surface area contributed by atoms with E-state index in [1.807, 2.05) is 13.0 Å². The lowest BCUT2D eigenvalue weighted by atomic mass is 9.90. The molecule has 1 heterocycles. The number of aromatic nitrogens is 1. The quantitative estimate of drug-likeness (QED) is 0.917. The van der Waals surface area contributed by atoms with Gasteiger partial charge in [-0.25, -0.2) is 0 Å². The van der Waals surface area contributed by atoms with E-state index in [1.165, 1.54) is 22.4 Å². The van der Waals surface area contributed by atoms with Gasteiger partial charge in [-0.05, 0) is 49.1 Å². The normalized spacial score (nSPS) is 14.7. The van der Waals surface area contributed by atoms with Crippen molar-refractivity contribution in [2.24, 2.45) is 5.73 Å². The van der Waals surface area contributed by atoms with Gasteiger partial charge in [0.1, 0.15) is 5.75 Å². The number of fused-ring (bicyclic) bond motifs is 3. The first-order valence-electron chi connectivity index (χ1n) is 6.80. The van der Waals surface area contributed by atoms with Crippen LogP contribution in [-0.4, -0.2) is 17.7 Å². The average molecular weight is 256 g/mol. The molecular formula is C16H20N2O. The minimum absolute atomic E-state index is 0.160. The van der Waals surface area contributed by atoms with Gasteiger partial charge in [-0.2, -0.15) is 0 Å². The Bertz CT molecular complexity index is 599. The summed E-state index contributed by atoms with van der Waals surface area (Å²) in [7, 11) is 1.71. The van der Waals surface area contributed by atoms with E-state index in [-0.39, 0.29) is 6.04 Å². The molecule has 0 saturated heterocycles. The SMILES string of the molecule is COc1ccc2c(c1)-c1c(ccn1C[C@@H](C)N)CC2. The molecule has 19 heavy (non-hydrogen) atoms. The molecule has 0 spiro atoms. The van der Waals surface area contributed by atoms with Crippen molar-refractivity contribution in [1.82, 2.24) is 4.57 Å². The third kappa shape index (κ3) is 2.15. The van der Waals surface area contributed by atoms with Crippen LogP contribution < -0.4 is 10.5 Å². The summed E-state index contributed by atoms with van der Waals surface area (Å²) in [5.41, 5.74) is 11.4. The zero-order valence-electron chi connectivity index (χ0n) is 11.5. The Morgan fingerprint density at radius 1 is 1.26 bits per heavy atom. The van der Waals surface area contributed by atoms with E-state index >= 15 is 0 Å². The van der Waals surface area contributed by atoms with E-state index in [0.29, 0.717) is 0 Å². The number of ether oxygens (including phenoxy) is 1. The molecule has 2 N–H and O–H groups in total. The maximum absolute atomic E-state index is 5.95. The first kappa shape index (κ1) is 12.3. The van der Waals surface area contributed by atoms with Crippen LogP contribution in [0.3, 0.4) is 0 Å². The van der Waals surface area contributed by atoms with Crippen molar-refractivity contribution >= 4 is 0 Å². The average Bonchev–Trinajstić information content (AvgIpc) is 2.81. The van der Waals surface area contributed by atoms with Crippen molar-refractivity contribution in [2.45, 2.75) is 32.4 Å². The molecule has 3 rings (SSSR count). The lowest BCUT2D eigenvalue weighted by molar-refractivity contribution is 0.414. The fraction of sp³-hybridized carbons (Fsp3) is 0.375. The molecule has 0 radical (unpaired) electrons. The second kappa shape index (κ2) is 4.74. The van der Waals surface area contributed by atoms with Crippen molar-refractivity contribution in [3.8, 4) is 17.0 Å². The summed E-state index contributed by atoms with van der Waals surface area (Å²) < 4.78 is 7.63. The van der Waals surface area contributed by atoms with Crippen LogP contribution in [0.1, 0.15) is 18.1 Å². The predicted molar refractivity (Wildman–Crippen MR) is 77.5 cm³/mol. The van der Waals surface area contributed by atoms with Gasteiger partial charge in [-0.3, -0.25) is 0 Å². The van der Waals surface area contributed by atoms with Gasteiger partial charge in [0.25, 0.3) is 0 Å². The molecule has 1 aliphatic rings. The number of hydrogen-bond donors (Lipinski definition) is 1. The maximum atomic E-state index is 5.95. The van der Waals surface area contributed by atoms with E-state index in [9.17, 15) is 0 Å². The highest BCUT2D eigenvalue weighted by molar-refractivity contribution is 5.72. The van der Waals surface area contributed by atoms with E-state index in [2.05, 4.69) is 29.0 Å². The van der Waals surface area contributed by atoms with Crippen LogP contribution in [0.15, 0.2) is 30.5 Å². The molecule has 3 nitrogen and oxygen atoms in total. The molecule has 2 aromatic rings. The maximum Gasteiger partial charge on any atom is 0.119 e. The molecule has 1 aliphatic carbocycles. The summed E-state index contributed by atoms with van der Waals surface area (Å²) in [6, 6.07) is 8.75. The molecule has 1 aromatic carbocycles. The molecule has 1 aromatic heterocycles. The zero-order chi connectivity index (χ0) is 13.4. The van der Waals surface area contributed by atoms with Gasteiger partial charge in [-0.1, -0.05) is 6.07 Å². The first-order chi connectivity index (χ1) is 9.19. The van der Waals surface area contributed by atoms with Crippen LogP contribution in [0.4, 0.5) is 0 Å². The molecule has 3 heteroatoms. The minimum Gasteiger partial charge on any atom is -0.497 e. The van der Waals surface area contributed by atoms with Crippen LogP contribution in [0.5, 0.6) is 5.75 Å². The van der Waals surface area contributed by atoms with Crippen molar-refractivity contribution in [3.63, 3.8) is 0 Å². The summed E-state index contributed by atoms with van der Waals surface area (Å²) in [6.07, 6.45) is 4.37. The Kier molecular flexibility index (Phi) is 3.07. The highest BCUT2D eigenvalue weighted by Gasteiger charge is 2.20. The first-order valence-corrected chi connectivity index (χ1v) is 6.80. The van der Waals surface area contributed by atoms with Gasteiger partial charge < -0.3 is 15.0 Å². The third-order valence-corrected chi connectivity index (χ3v) is 3.77. The van der Waals surface area contributed by atoms with Crippen LogP contribution in [-0.2, 0) is 19.4 Å². The number of hydrogen-bond acceptors (Lipinski definition) is 2. The summed E-state index contributed by atoms with van der Waals surface area (Å²) in [5, 5.41) is 0. The van der Waals surface area contributed by atoms with Crippen molar-refractivity contribution in [2.75, 3.05) is 7.11 Å². The van der Waals surface area contributed by atoms with Crippen LogP contribution in [0.2, 0.25) is 0 Å². The zero-order valence-corrected chi connectivity index (χ0v) is 11.5. The minimum atomic E-state index is 0.160. The molecule has 0 aliphatic heterocycles. The number of rotatable bonds is 3. The van der Waals surface area contributed by atoms with Gasteiger partial charge >= 0.3 is 0 Å². The van der Waals surface area contributed by atoms with Gasteiger partial charge in [-0.15, -0.1) is 0 Å². The predicted octanol–water partition coefficient (Wildman–Crippen LogP) is 2.61. The molecule has 0 unspecified atom stereocenters. The lowest BCUT2D eigenvalue weighted by Crippen LogP contribution is -2.22. The summed E-state index contributed by atoms with van der Waals surface area (Å²) >= 11 is 0. The highest BCUT2D eigenvalue weighted by atomic mass is 16.5. The number of nitrogens with zero attached hydrogens (tertiary/aromatic N) is 1. The molecule has 0 saturated carbocycles. The fourth-order valence-electron chi connectivity index (χ4n) is 2.90. The molecule has 1 atom stereocenters. The van der Waals surface area contributed by atoms with E-state index in [1.54, 1.807) is 7.11 Å². The van der Waals surface area contributed by atoms with Crippen LogP contribution in [0.25, 0.3) is 11.3 Å². The Balaban J connectivity index is 2.12. The summed E-state index contributed by atoms with van der Waals surface area (Å²) in [6.45, 7) is 2.90. The summed E-state index contributed by atoms with van der Waals surface area (Å²) in [4.78, 5) is 0. The smallest absolute Gasteiger partial charge is 0.119 e. The Hall–Kier alpha value is -1.74. The number of aryl methyl sites for hydroxylation is 2. The Morgan fingerprint density at radius 2 is 2.05 bits per heavy atom. The Morgan fingerprint density at radius 3 is 2.79 bits per heavy atom. The fourth-order valence-corrected chi connectivity index (χ4v) is 2.90. The van der Waals surface area contributed by atoms with Crippen LogP contribution in [0, 0.1) is 0 Å². The van der Waals surface area contributed by atoms with E-state index in [4.69, 9.17) is 10.5 Å². The van der Waals surface area contributed by atoms with Gasteiger partial charge in [0.2, 0.25) is 0 Å². The van der Waals surface area contributed by atoms with E-state index in [0.717, 1.165) is 25.1 Å². The molecule has 0 amide bonds. The molecule has 0 fully saturated rings. The third-order valence-electron chi connectivity index (χ3n) is 3.77. The number of nitrogens with two attached hydrogens (primary N) is 1. The largest absolute Gasteiger partial charge is 0.497 e. The molecule has 100 valence electrons. The topological polar surface area (TPSA) is 40.2 Å². The molecule has 0 bridgehead atoms. The second-order valence-corrected chi connectivity index (χ2v) is 5.34. The Labute approximate surface area is 114 Å². The lowest BCUT2D eigenvalue weighted by Gasteiger charge is -2.21. The van der Waals surface area contributed by atoms with Crippen molar-refractivity contribution < 1.29 is 4.74 Å². The highest BCUT2D eigenvalue weighted by Crippen LogP contribution is 2.36. The van der Waals surface area contributed by atoms with E-state index < -0.39 is 0 Å².